The van der Waals surface area contributed by atoms with E-state index in [1.807, 2.05) is 20.1 Å². The van der Waals surface area contributed by atoms with Gasteiger partial charge < -0.3 is 47.3 Å². The molecule has 0 heterocycles. The molecule has 3 atom stereocenters. The molecule has 0 aliphatic carbocycles. The Kier molecular flexibility index (Phi) is 40.5. The van der Waals surface area contributed by atoms with Gasteiger partial charge in [0.15, 0.2) is 0 Å². The first-order chi connectivity index (χ1) is 13.8. The van der Waals surface area contributed by atoms with E-state index in [2.05, 4.69) is 28.9 Å². The topological polar surface area (TPSA) is 199 Å². The van der Waals surface area contributed by atoms with Crippen LogP contribution in [-0.2, 0) is 32.1 Å². The minimum atomic E-state index is -2.89. The predicted molar refractivity (Wildman–Crippen MR) is 119 cm³/mol. The number of nitrogens with zero attached hydrogens (tertiary/aromatic N) is 1. The Hall–Kier alpha value is 0.272. The second kappa shape index (κ2) is 30.3. The summed E-state index contributed by atoms with van der Waals surface area (Å²) < 4.78 is 40.3. The first-order valence-corrected chi connectivity index (χ1v) is 13.2. The van der Waals surface area contributed by atoms with Crippen LogP contribution in [0.1, 0.15) is 34.6 Å². The van der Waals surface area contributed by atoms with Crippen molar-refractivity contribution in [3.8, 4) is 0 Å². The number of hydrogen-bond acceptors (Lipinski definition) is 13. The maximum absolute atomic E-state index is 10.5. The number of carbonyl (C=O) groups excluding carboxylic acids is 1. The van der Waals surface area contributed by atoms with E-state index in [0.717, 1.165) is 0 Å². The standard InChI is InChI=1S/C7H14N2O2S.3C2H7O3P.Al/c1-7(2,12-4)5-9-11-6(10)8-3;3*1-2-5-6(3)4;/h5H,1-4H3,(H,8,10);3*6H,2H2,1H3,(H,3,4);/q;;;;+3/p-3/b9-5+;;;;. The third-order valence-electron chi connectivity index (χ3n) is 2.02. The fraction of sp³-hybridized carbons (Fsp3) is 0.846. The zero-order valence-electron chi connectivity index (χ0n) is 18.6. The summed E-state index contributed by atoms with van der Waals surface area (Å²) in [7, 11) is -7.17. The Balaban J connectivity index is -0.000000102. The van der Waals surface area contributed by atoms with Crippen LogP contribution >= 0.6 is 36.5 Å². The van der Waals surface area contributed by atoms with Crippen LogP contribution in [0.15, 0.2) is 5.16 Å². The normalized spacial score (nSPS) is 12.8. The average molecular weight is 544 g/mol. The van der Waals surface area contributed by atoms with Crippen molar-refractivity contribution in [2.75, 3.05) is 33.1 Å². The first kappa shape index (κ1) is 41.5. The van der Waals surface area contributed by atoms with Gasteiger partial charge in [-0.2, -0.15) is 11.8 Å². The number of amides is 1. The van der Waals surface area contributed by atoms with Gasteiger partial charge in [-0.3, -0.25) is 4.84 Å². The Morgan fingerprint density at radius 3 is 1.45 bits per heavy atom. The Bertz CT molecular complexity index is 479. The molecule has 0 spiro atoms. The Labute approximate surface area is 200 Å². The number of oxime groups is 1. The van der Waals surface area contributed by atoms with Gasteiger partial charge in [-0.05, 0) is 40.9 Å². The van der Waals surface area contributed by atoms with Crippen molar-refractivity contribution in [3.63, 3.8) is 0 Å². The summed E-state index contributed by atoms with van der Waals surface area (Å²) in [5.74, 6) is 0. The van der Waals surface area contributed by atoms with E-state index in [1.165, 1.54) is 7.05 Å². The van der Waals surface area contributed by atoms with E-state index < -0.39 is 30.9 Å². The van der Waals surface area contributed by atoms with Crippen molar-refractivity contribution in [2.45, 2.75) is 39.4 Å². The van der Waals surface area contributed by atoms with Crippen molar-refractivity contribution < 1.29 is 51.6 Å². The van der Waals surface area contributed by atoms with Gasteiger partial charge in [0.2, 0.25) is 0 Å². The van der Waals surface area contributed by atoms with Gasteiger partial charge in [0, 0.05) is 31.6 Å². The molecule has 0 rings (SSSR count). The summed E-state index contributed by atoms with van der Waals surface area (Å²) in [6, 6.07) is 0. The maximum atomic E-state index is 10.5. The van der Waals surface area contributed by atoms with Crippen molar-refractivity contribution in [3.05, 3.63) is 0 Å². The van der Waals surface area contributed by atoms with Crippen LogP contribution in [0.4, 0.5) is 4.79 Å². The molecule has 0 saturated heterocycles. The zero-order valence-corrected chi connectivity index (χ0v) is 23.6. The van der Waals surface area contributed by atoms with E-state index >= 15 is 0 Å². The van der Waals surface area contributed by atoms with Gasteiger partial charge >= 0.3 is 23.5 Å². The molecule has 1 amide bonds. The summed E-state index contributed by atoms with van der Waals surface area (Å²) in [4.78, 5) is 43.3. The quantitative estimate of drug-likeness (QED) is 0.138. The largest absolute Gasteiger partial charge is 3.00 e. The molecule has 18 heteroatoms. The molecule has 0 aliphatic heterocycles. The summed E-state index contributed by atoms with van der Waals surface area (Å²) in [6.45, 7) is 9.59. The molecule has 31 heavy (non-hydrogen) atoms. The van der Waals surface area contributed by atoms with Gasteiger partial charge in [-0.25, -0.2) is 4.79 Å². The van der Waals surface area contributed by atoms with Gasteiger partial charge in [-0.1, -0.05) is 5.16 Å². The van der Waals surface area contributed by atoms with Crippen LogP contribution in [0.25, 0.3) is 0 Å². The van der Waals surface area contributed by atoms with Crippen molar-refractivity contribution in [2.24, 2.45) is 5.16 Å². The number of thioether (sulfide) groups is 1. The van der Waals surface area contributed by atoms with Crippen LogP contribution < -0.4 is 20.0 Å². The number of carbonyl (C=O) groups is 1. The minimum Gasteiger partial charge on any atom is -0.781 e. The molecule has 3 unspecified atom stereocenters. The summed E-state index contributed by atoms with van der Waals surface area (Å²) in [6.07, 6.45) is 3.00. The molecule has 0 saturated carbocycles. The van der Waals surface area contributed by atoms with Gasteiger partial charge in [0.05, 0.1) is 6.21 Å². The fourth-order valence-corrected chi connectivity index (χ4v) is 1.51. The third-order valence-corrected chi connectivity index (χ3v) is 4.75. The summed E-state index contributed by atoms with van der Waals surface area (Å²) >= 11 is 1.63. The molecule has 0 fully saturated rings. The van der Waals surface area contributed by atoms with Crippen LogP contribution in [-0.4, -0.2) is 67.5 Å². The minimum absolute atomic E-state index is 0. The predicted octanol–water partition coefficient (Wildman–Crippen LogP) is 0.408. The Morgan fingerprint density at radius 2 is 1.29 bits per heavy atom. The molecule has 13 nitrogen and oxygen atoms in total. The van der Waals surface area contributed by atoms with E-state index in [4.69, 9.17) is 0 Å². The molecule has 184 valence electrons. The van der Waals surface area contributed by atoms with Crippen molar-refractivity contribution in [1.29, 1.82) is 0 Å². The average Bonchev–Trinajstić information content (AvgIpc) is 2.62. The molecule has 0 aromatic rings. The molecular weight excluding hydrogens is 512 g/mol. The van der Waals surface area contributed by atoms with Crippen molar-refractivity contribution >= 4 is 66.2 Å². The molecule has 0 aromatic carbocycles. The van der Waals surface area contributed by atoms with Crippen molar-refractivity contribution in [1.82, 2.24) is 5.32 Å². The molecule has 0 aliphatic rings. The monoisotopic (exact) mass is 544 g/mol. The van der Waals surface area contributed by atoms with Crippen LogP contribution in [0.5, 0.6) is 0 Å². The molecule has 0 bridgehead atoms. The molecule has 0 aromatic heterocycles. The van der Waals surface area contributed by atoms with Gasteiger partial charge in [-0.15, -0.1) is 0 Å². The van der Waals surface area contributed by atoms with E-state index in [1.54, 1.807) is 38.7 Å². The van der Waals surface area contributed by atoms with Gasteiger partial charge in [0.1, 0.15) is 24.8 Å². The maximum Gasteiger partial charge on any atom is 3.00 e. The Morgan fingerprint density at radius 1 is 0.968 bits per heavy atom. The third kappa shape index (κ3) is 53.5. The fourth-order valence-electron chi connectivity index (χ4n) is 0.653. The van der Waals surface area contributed by atoms with E-state index in [-0.39, 0.29) is 41.9 Å². The number of hydrogen-bond donors (Lipinski definition) is 1. The molecular formula is C13H32AlN2O11P3S. The summed E-state index contributed by atoms with van der Waals surface area (Å²) in [5, 5.41) is 5.81. The molecule has 0 radical (unpaired) electrons. The SMILES string of the molecule is CCO[PH](=O)[O-].CCO[PH](=O)[O-].CCO[PH](=O)[O-].CNC(=O)O/N=C/C(C)(C)SC.[Al+3]. The zero-order chi connectivity index (χ0) is 24.6. The summed E-state index contributed by atoms with van der Waals surface area (Å²) in [5.41, 5.74) is 0. The second-order valence-corrected chi connectivity index (χ2v) is 8.55. The van der Waals surface area contributed by atoms with Crippen LogP contribution in [0.2, 0.25) is 0 Å². The first-order valence-electron chi connectivity index (χ1n) is 8.32. The smallest absolute Gasteiger partial charge is 0.781 e. The van der Waals surface area contributed by atoms with E-state index in [9.17, 15) is 33.2 Å². The number of nitrogens with one attached hydrogen (secondary N) is 1. The van der Waals surface area contributed by atoms with Crippen LogP contribution in [0, 0.1) is 0 Å². The van der Waals surface area contributed by atoms with Crippen LogP contribution in [0.3, 0.4) is 0 Å². The second-order valence-electron chi connectivity index (χ2n) is 4.72. The van der Waals surface area contributed by atoms with E-state index in [0.29, 0.717) is 0 Å². The van der Waals surface area contributed by atoms with Gasteiger partial charge in [0.25, 0.3) is 0 Å². The molecule has 1 N–H and O–H groups in total. The number of rotatable bonds is 9.